The van der Waals surface area contributed by atoms with Gasteiger partial charge < -0.3 is 4.74 Å². The van der Waals surface area contributed by atoms with Gasteiger partial charge in [-0.2, -0.15) is 0 Å². The van der Waals surface area contributed by atoms with Crippen LogP contribution in [0.1, 0.15) is 27.0 Å². The second-order valence-electron chi connectivity index (χ2n) is 4.26. The number of thiophene rings is 1. The van der Waals surface area contributed by atoms with Gasteiger partial charge in [-0.15, -0.1) is 11.3 Å². The minimum Gasteiger partial charge on any atom is -0.450 e. The third-order valence-electron chi connectivity index (χ3n) is 2.64. The lowest BCUT2D eigenvalue weighted by atomic mass is 10.3. The van der Waals surface area contributed by atoms with Crippen LogP contribution < -0.4 is 22.0 Å². The number of amides is 3. The fraction of sp³-hybridized carbons (Fsp3) is 0.154. The van der Waals surface area contributed by atoms with Crippen LogP contribution in [0.2, 0.25) is 0 Å². The van der Waals surface area contributed by atoms with Crippen molar-refractivity contribution in [3.05, 3.63) is 55.0 Å². The number of hydrogen-bond acceptors (Lipinski definition) is 7. The lowest BCUT2D eigenvalue weighted by Gasteiger charge is -2.08. The van der Waals surface area contributed by atoms with Crippen molar-refractivity contribution in [2.75, 3.05) is 12.0 Å². The van der Waals surface area contributed by atoms with E-state index in [0.717, 1.165) is 17.5 Å². The normalized spacial score (nSPS) is 10.0. The number of nitrogens with one attached hydrogen (secondary N) is 3. The van der Waals surface area contributed by atoms with Gasteiger partial charge >= 0.3 is 11.8 Å². The maximum Gasteiger partial charge on any atom is 0.414 e. The molecule has 2 aromatic heterocycles. The Morgan fingerprint density at radius 2 is 2.04 bits per heavy atom. The second-order valence-corrected chi connectivity index (χ2v) is 5.21. The number of nitrogens with zero attached hydrogens (tertiary/aromatic N) is 1. The summed E-state index contributed by atoms with van der Waals surface area (Å²) in [6.07, 6.45) is -0.219. The Labute approximate surface area is 138 Å². The summed E-state index contributed by atoms with van der Waals surface area (Å²) in [6, 6.07) is 3.18. The molecule has 0 aromatic carbocycles. The number of carbonyl (C=O) groups is 3. The van der Waals surface area contributed by atoms with E-state index in [9.17, 15) is 24.0 Å². The molecule has 3 amide bonds. The molecular weight excluding hydrogens is 340 g/mol. The zero-order chi connectivity index (χ0) is 17.7. The van der Waals surface area contributed by atoms with Crippen molar-refractivity contribution in [1.82, 2.24) is 15.0 Å². The lowest BCUT2D eigenvalue weighted by Crippen LogP contribution is -2.42. The van der Waals surface area contributed by atoms with Crippen LogP contribution in [-0.4, -0.2) is 34.2 Å². The van der Waals surface area contributed by atoms with Gasteiger partial charge in [-0.05, 0) is 18.4 Å². The highest BCUT2D eigenvalue weighted by Gasteiger charge is 2.17. The zero-order valence-electron chi connectivity index (χ0n) is 12.3. The number of H-pyrrole nitrogens is 1. The molecule has 0 spiro atoms. The van der Waals surface area contributed by atoms with Crippen molar-refractivity contribution in [1.29, 1.82) is 0 Å². The molecule has 0 atom stereocenters. The summed E-state index contributed by atoms with van der Waals surface area (Å²) in [6.45, 7) is 1.57. The van der Waals surface area contributed by atoms with Crippen LogP contribution in [0.25, 0.3) is 0 Å². The van der Waals surface area contributed by atoms with E-state index in [-0.39, 0.29) is 6.61 Å². The van der Waals surface area contributed by atoms with E-state index in [2.05, 4.69) is 10.2 Å². The van der Waals surface area contributed by atoms with E-state index in [0.29, 0.717) is 9.55 Å². The molecule has 24 heavy (non-hydrogen) atoms. The molecule has 0 bridgehead atoms. The molecule has 2 aromatic rings. The Bertz CT molecular complexity index is 883. The average Bonchev–Trinajstić information content (AvgIpc) is 3.04. The summed E-state index contributed by atoms with van der Waals surface area (Å²) >= 11 is 1.14. The Hall–Kier alpha value is -3.21. The van der Waals surface area contributed by atoms with Crippen LogP contribution in [0.15, 0.2) is 33.3 Å². The van der Waals surface area contributed by atoms with Crippen molar-refractivity contribution < 1.29 is 19.1 Å². The van der Waals surface area contributed by atoms with Gasteiger partial charge in [-0.1, -0.05) is 6.07 Å². The minimum absolute atomic E-state index is 0.0336. The number of rotatable bonds is 4. The summed E-state index contributed by atoms with van der Waals surface area (Å²) in [4.78, 5) is 60.6. The first-order valence-corrected chi connectivity index (χ1v) is 7.49. The summed E-state index contributed by atoms with van der Waals surface area (Å²) < 4.78 is 5.16. The van der Waals surface area contributed by atoms with Gasteiger partial charge in [-0.3, -0.25) is 30.1 Å². The lowest BCUT2D eigenvalue weighted by molar-refractivity contribution is 0.0919. The standard InChI is InChI=1S/C13H12N4O6S/c1-2-23-13(22)15-10(19)7-6-17(12(21)14-9(7)18)16-11(20)8-4-3-5-24-8/h3-6H,2H2,1H3,(H,16,20)(H,14,18,21)(H,15,19,22). The fourth-order valence-corrected chi connectivity index (χ4v) is 2.23. The number of aromatic amines is 1. The van der Waals surface area contributed by atoms with Gasteiger partial charge in [0.25, 0.3) is 17.4 Å². The topological polar surface area (TPSA) is 139 Å². The summed E-state index contributed by atoms with van der Waals surface area (Å²) in [5.41, 5.74) is -0.282. The highest BCUT2D eigenvalue weighted by Crippen LogP contribution is 2.07. The molecular formula is C13H12N4O6S. The average molecular weight is 352 g/mol. The van der Waals surface area contributed by atoms with Crippen LogP contribution in [0.4, 0.5) is 4.79 Å². The van der Waals surface area contributed by atoms with Crippen LogP contribution >= 0.6 is 11.3 Å². The van der Waals surface area contributed by atoms with Crippen molar-refractivity contribution in [3.8, 4) is 0 Å². The van der Waals surface area contributed by atoms with E-state index < -0.39 is 34.7 Å². The maximum absolute atomic E-state index is 11.9. The van der Waals surface area contributed by atoms with Gasteiger partial charge in [0.05, 0.1) is 17.7 Å². The first kappa shape index (κ1) is 17.1. The Kier molecular flexibility index (Phi) is 5.27. The molecule has 0 fully saturated rings. The molecule has 2 heterocycles. The van der Waals surface area contributed by atoms with Crippen LogP contribution in [0.5, 0.6) is 0 Å². The van der Waals surface area contributed by atoms with E-state index >= 15 is 0 Å². The Balaban J connectivity index is 2.26. The van der Waals surface area contributed by atoms with E-state index in [4.69, 9.17) is 0 Å². The molecule has 0 aliphatic carbocycles. The largest absolute Gasteiger partial charge is 0.450 e. The van der Waals surface area contributed by atoms with Gasteiger partial charge in [0, 0.05) is 0 Å². The van der Waals surface area contributed by atoms with Gasteiger partial charge in [-0.25, -0.2) is 14.3 Å². The fourth-order valence-electron chi connectivity index (χ4n) is 1.62. The third-order valence-corrected chi connectivity index (χ3v) is 3.51. The number of carbonyl (C=O) groups excluding carboxylic acids is 3. The first-order valence-electron chi connectivity index (χ1n) is 6.61. The number of imide groups is 1. The molecule has 0 radical (unpaired) electrons. The second kappa shape index (κ2) is 7.37. The number of aromatic nitrogens is 2. The number of alkyl carbamates (subject to hydrolysis) is 1. The number of ether oxygens (including phenoxy) is 1. The molecule has 0 saturated heterocycles. The third kappa shape index (κ3) is 3.95. The summed E-state index contributed by atoms with van der Waals surface area (Å²) in [7, 11) is 0. The molecule has 0 unspecified atom stereocenters. The van der Waals surface area contributed by atoms with Gasteiger partial charge in [0.1, 0.15) is 5.56 Å². The quantitative estimate of drug-likeness (QED) is 0.700. The maximum atomic E-state index is 11.9. The molecule has 0 saturated carbocycles. The van der Waals surface area contributed by atoms with Crippen LogP contribution in [0.3, 0.4) is 0 Å². The van der Waals surface area contributed by atoms with E-state index in [1.54, 1.807) is 11.4 Å². The van der Waals surface area contributed by atoms with Crippen molar-refractivity contribution in [3.63, 3.8) is 0 Å². The molecule has 0 aliphatic rings. The minimum atomic E-state index is -1.08. The van der Waals surface area contributed by atoms with E-state index in [1.165, 1.54) is 13.0 Å². The Morgan fingerprint density at radius 3 is 2.67 bits per heavy atom. The smallest absolute Gasteiger partial charge is 0.414 e. The molecule has 10 nitrogen and oxygen atoms in total. The van der Waals surface area contributed by atoms with Gasteiger partial charge in [0.15, 0.2) is 0 Å². The molecule has 0 aliphatic heterocycles. The predicted octanol–water partition coefficient (Wildman–Crippen LogP) is -0.132. The molecule has 2 rings (SSSR count). The molecule has 3 N–H and O–H groups in total. The summed E-state index contributed by atoms with van der Waals surface area (Å²) in [5, 5.41) is 3.49. The predicted molar refractivity (Wildman–Crippen MR) is 83.8 cm³/mol. The van der Waals surface area contributed by atoms with Crippen LogP contribution in [-0.2, 0) is 4.74 Å². The Morgan fingerprint density at radius 1 is 1.29 bits per heavy atom. The summed E-state index contributed by atoms with van der Waals surface area (Å²) in [5.74, 6) is -1.68. The number of hydrogen-bond donors (Lipinski definition) is 3. The SMILES string of the molecule is CCOC(=O)NC(=O)c1cn(NC(=O)c2cccs2)c(=O)[nH]c1=O. The molecule has 11 heteroatoms. The van der Waals surface area contributed by atoms with Crippen LogP contribution in [0, 0.1) is 0 Å². The van der Waals surface area contributed by atoms with Crippen molar-refractivity contribution >= 4 is 29.2 Å². The monoisotopic (exact) mass is 352 g/mol. The zero-order valence-corrected chi connectivity index (χ0v) is 13.1. The van der Waals surface area contributed by atoms with Crippen molar-refractivity contribution in [2.45, 2.75) is 6.92 Å². The first-order chi connectivity index (χ1) is 11.4. The highest BCUT2D eigenvalue weighted by molar-refractivity contribution is 7.12. The van der Waals surface area contributed by atoms with Gasteiger partial charge in [0.2, 0.25) is 0 Å². The molecule has 126 valence electrons. The van der Waals surface area contributed by atoms with E-state index in [1.807, 2.05) is 10.3 Å². The highest BCUT2D eigenvalue weighted by atomic mass is 32.1. The van der Waals surface area contributed by atoms with Crippen molar-refractivity contribution in [2.24, 2.45) is 0 Å².